The van der Waals surface area contributed by atoms with Gasteiger partial charge in [0.05, 0.1) is 5.52 Å². The quantitative estimate of drug-likeness (QED) is 0.801. The van der Waals surface area contributed by atoms with Crippen LogP contribution in [0.3, 0.4) is 0 Å². The van der Waals surface area contributed by atoms with Gasteiger partial charge in [0, 0.05) is 48.2 Å². The Balaban J connectivity index is 1.67. The van der Waals surface area contributed by atoms with Crippen LogP contribution in [0.5, 0.6) is 0 Å². The van der Waals surface area contributed by atoms with Crippen LogP contribution in [-0.4, -0.2) is 40.1 Å². The van der Waals surface area contributed by atoms with Crippen molar-refractivity contribution in [3.63, 3.8) is 0 Å². The minimum absolute atomic E-state index is 0.182. The van der Waals surface area contributed by atoms with Crippen molar-refractivity contribution in [2.75, 3.05) is 18.4 Å². The van der Waals surface area contributed by atoms with Gasteiger partial charge in [-0.1, -0.05) is 18.9 Å². The fourth-order valence-corrected chi connectivity index (χ4v) is 3.63. The predicted octanol–water partition coefficient (Wildman–Crippen LogP) is 2.08. The topological polar surface area (TPSA) is 88.8 Å². The lowest BCUT2D eigenvalue weighted by Gasteiger charge is -2.29. The molecule has 24 heavy (non-hydrogen) atoms. The first-order valence-electron chi connectivity index (χ1n) is 8.84. The summed E-state index contributed by atoms with van der Waals surface area (Å²) in [4.78, 5) is 13.6. The van der Waals surface area contributed by atoms with Crippen molar-refractivity contribution in [3.8, 4) is 0 Å². The minimum atomic E-state index is 0.182. The van der Waals surface area contributed by atoms with Crippen LogP contribution in [0, 0.1) is 0 Å². The van der Waals surface area contributed by atoms with E-state index in [1.54, 1.807) is 0 Å². The number of aromatic nitrogens is 3. The van der Waals surface area contributed by atoms with Crippen molar-refractivity contribution in [3.05, 3.63) is 30.2 Å². The molecule has 0 aromatic carbocycles. The zero-order chi connectivity index (χ0) is 16.4. The third-order valence-corrected chi connectivity index (χ3v) is 5.03. The van der Waals surface area contributed by atoms with Gasteiger partial charge in [-0.15, -0.1) is 0 Å². The normalized spacial score (nSPS) is 24.6. The monoisotopic (exact) mass is 324 g/mol. The van der Waals surface area contributed by atoms with Crippen molar-refractivity contribution in [1.29, 1.82) is 0 Å². The molecule has 2 aromatic heterocycles. The van der Waals surface area contributed by atoms with Crippen LogP contribution in [0.2, 0.25) is 0 Å². The van der Waals surface area contributed by atoms with Gasteiger partial charge in [-0.2, -0.15) is 0 Å². The van der Waals surface area contributed by atoms with Crippen LogP contribution in [0.15, 0.2) is 24.7 Å². The molecule has 2 aromatic rings. The lowest BCUT2D eigenvalue weighted by molar-refractivity contribution is 0.402. The Morgan fingerprint density at radius 1 is 1.17 bits per heavy atom. The minimum Gasteiger partial charge on any atom is -0.350 e. The van der Waals surface area contributed by atoms with E-state index in [-0.39, 0.29) is 12.1 Å². The highest BCUT2D eigenvalue weighted by atomic mass is 15.1. The van der Waals surface area contributed by atoms with Gasteiger partial charge in [0.25, 0.3) is 0 Å². The standard InChI is InChI=1S/C18H24N6/c19-15-3-1-2-4-16(15)23-18-22-10-13-9-21-11-14(17(13)24-18)12-5-7-20-8-6-12/h5,9-11,15-16,20H,1-4,6-8,19H2,(H,22,23,24)/t15-,16+/m1/s1. The molecule has 1 aliphatic carbocycles. The first kappa shape index (κ1) is 15.5. The lowest BCUT2D eigenvalue weighted by Crippen LogP contribution is -2.42. The van der Waals surface area contributed by atoms with E-state index >= 15 is 0 Å². The molecule has 0 unspecified atom stereocenters. The third kappa shape index (κ3) is 3.12. The third-order valence-electron chi connectivity index (χ3n) is 5.03. The van der Waals surface area contributed by atoms with Gasteiger partial charge in [-0.25, -0.2) is 9.97 Å². The van der Waals surface area contributed by atoms with Gasteiger partial charge in [0.1, 0.15) is 0 Å². The molecular weight excluding hydrogens is 300 g/mol. The first-order chi connectivity index (χ1) is 11.8. The maximum absolute atomic E-state index is 6.24. The van der Waals surface area contributed by atoms with Gasteiger partial charge >= 0.3 is 0 Å². The average Bonchev–Trinajstić information content (AvgIpc) is 2.64. The second-order valence-electron chi connectivity index (χ2n) is 6.70. The molecule has 0 saturated heterocycles. The number of hydrogen-bond donors (Lipinski definition) is 3. The molecule has 0 spiro atoms. The van der Waals surface area contributed by atoms with Gasteiger partial charge in [-0.3, -0.25) is 4.98 Å². The van der Waals surface area contributed by atoms with E-state index in [2.05, 4.69) is 26.7 Å². The summed E-state index contributed by atoms with van der Waals surface area (Å²) in [5.41, 5.74) is 9.64. The summed E-state index contributed by atoms with van der Waals surface area (Å²) in [6, 6.07) is 0.446. The van der Waals surface area contributed by atoms with E-state index in [0.29, 0.717) is 5.95 Å². The highest BCUT2D eigenvalue weighted by Crippen LogP contribution is 2.27. The van der Waals surface area contributed by atoms with Crippen molar-refractivity contribution in [2.24, 2.45) is 5.73 Å². The molecule has 1 saturated carbocycles. The van der Waals surface area contributed by atoms with Crippen molar-refractivity contribution in [1.82, 2.24) is 20.3 Å². The number of fused-ring (bicyclic) bond motifs is 1. The highest BCUT2D eigenvalue weighted by molar-refractivity contribution is 5.90. The molecule has 6 heteroatoms. The molecule has 4 rings (SSSR count). The molecule has 3 heterocycles. The summed E-state index contributed by atoms with van der Waals surface area (Å²) in [5, 5.41) is 7.78. The number of hydrogen-bond acceptors (Lipinski definition) is 6. The Kier molecular flexibility index (Phi) is 4.40. The van der Waals surface area contributed by atoms with E-state index in [0.717, 1.165) is 48.8 Å². The molecule has 1 aliphatic heterocycles. The summed E-state index contributed by atoms with van der Waals surface area (Å²) >= 11 is 0. The van der Waals surface area contributed by atoms with E-state index in [1.807, 2.05) is 18.6 Å². The maximum Gasteiger partial charge on any atom is 0.223 e. The van der Waals surface area contributed by atoms with Crippen LogP contribution < -0.4 is 16.4 Å². The first-order valence-corrected chi connectivity index (χ1v) is 8.84. The number of nitrogens with zero attached hydrogens (tertiary/aromatic N) is 3. The molecule has 4 N–H and O–H groups in total. The largest absolute Gasteiger partial charge is 0.350 e. The molecule has 2 aliphatic rings. The van der Waals surface area contributed by atoms with Gasteiger partial charge in [0.15, 0.2) is 0 Å². The highest BCUT2D eigenvalue weighted by Gasteiger charge is 2.22. The van der Waals surface area contributed by atoms with Gasteiger partial charge in [0.2, 0.25) is 5.95 Å². The summed E-state index contributed by atoms with van der Waals surface area (Å²) in [6.07, 6.45) is 13.4. The Morgan fingerprint density at radius 2 is 2.08 bits per heavy atom. The number of anilines is 1. The Morgan fingerprint density at radius 3 is 2.92 bits per heavy atom. The maximum atomic E-state index is 6.24. The summed E-state index contributed by atoms with van der Waals surface area (Å²) in [5.74, 6) is 0.673. The smallest absolute Gasteiger partial charge is 0.223 e. The number of nitrogens with one attached hydrogen (secondary N) is 2. The molecule has 2 atom stereocenters. The summed E-state index contributed by atoms with van der Waals surface area (Å²) in [6.45, 7) is 1.90. The van der Waals surface area contributed by atoms with Crippen LogP contribution in [-0.2, 0) is 0 Å². The Hall–Kier alpha value is -2.05. The van der Waals surface area contributed by atoms with Gasteiger partial charge in [-0.05, 0) is 31.4 Å². The summed E-state index contributed by atoms with van der Waals surface area (Å²) in [7, 11) is 0. The van der Waals surface area contributed by atoms with E-state index in [1.165, 1.54) is 18.4 Å². The second-order valence-corrected chi connectivity index (χ2v) is 6.70. The Labute approximate surface area is 142 Å². The Bertz CT molecular complexity index is 756. The number of rotatable bonds is 3. The fourth-order valence-electron chi connectivity index (χ4n) is 3.63. The summed E-state index contributed by atoms with van der Waals surface area (Å²) < 4.78 is 0. The molecule has 6 nitrogen and oxygen atoms in total. The zero-order valence-corrected chi connectivity index (χ0v) is 13.8. The molecule has 126 valence electrons. The zero-order valence-electron chi connectivity index (χ0n) is 13.8. The van der Waals surface area contributed by atoms with E-state index < -0.39 is 0 Å². The van der Waals surface area contributed by atoms with Crippen molar-refractivity contribution in [2.45, 2.75) is 44.2 Å². The SMILES string of the molecule is N[C@@H]1CCCC[C@@H]1Nc1ncc2cncc(C3=CCNCC3)c2n1. The molecule has 0 radical (unpaired) electrons. The van der Waals surface area contributed by atoms with Crippen molar-refractivity contribution < 1.29 is 0 Å². The van der Waals surface area contributed by atoms with Crippen LogP contribution in [0.1, 0.15) is 37.7 Å². The van der Waals surface area contributed by atoms with Crippen LogP contribution in [0.25, 0.3) is 16.5 Å². The predicted molar refractivity (Wildman–Crippen MR) is 96.7 cm³/mol. The molecule has 1 fully saturated rings. The van der Waals surface area contributed by atoms with E-state index in [4.69, 9.17) is 10.7 Å². The van der Waals surface area contributed by atoms with E-state index in [9.17, 15) is 0 Å². The van der Waals surface area contributed by atoms with Crippen molar-refractivity contribution >= 4 is 22.4 Å². The number of pyridine rings is 1. The second kappa shape index (κ2) is 6.83. The molecular formula is C18H24N6. The fraction of sp³-hybridized carbons (Fsp3) is 0.500. The van der Waals surface area contributed by atoms with Crippen LogP contribution >= 0.6 is 0 Å². The lowest BCUT2D eigenvalue weighted by atomic mass is 9.91. The van der Waals surface area contributed by atoms with Gasteiger partial charge < -0.3 is 16.4 Å². The molecule has 0 bridgehead atoms. The van der Waals surface area contributed by atoms with Crippen LogP contribution in [0.4, 0.5) is 5.95 Å². The number of nitrogens with two attached hydrogens (primary N) is 1. The molecule has 0 amide bonds. The average molecular weight is 324 g/mol.